The van der Waals surface area contributed by atoms with Gasteiger partial charge in [-0.2, -0.15) is 5.26 Å². The summed E-state index contributed by atoms with van der Waals surface area (Å²) in [5, 5.41) is 9.05. The number of hydrogen-bond donors (Lipinski definition) is 0. The molecule has 0 aromatic carbocycles. The van der Waals surface area contributed by atoms with Gasteiger partial charge >= 0.3 is 0 Å². The van der Waals surface area contributed by atoms with Crippen molar-refractivity contribution in [2.75, 3.05) is 0 Å². The van der Waals surface area contributed by atoms with Gasteiger partial charge in [0.05, 0.1) is 10.6 Å². The molecule has 0 fully saturated rings. The predicted octanol–water partition coefficient (Wildman–Crippen LogP) is 4.18. The van der Waals surface area contributed by atoms with Crippen LogP contribution < -0.4 is 0 Å². The Balaban J connectivity index is 0. The number of nitrogens with zero attached hydrogens (tertiary/aromatic N) is 1. The van der Waals surface area contributed by atoms with E-state index < -0.39 is 0 Å². The molecule has 0 N–H and O–H groups in total. The zero-order valence-electron chi connectivity index (χ0n) is 8.69. The van der Waals surface area contributed by atoms with Gasteiger partial charge in [-0.3, -0.25) is 0 Å². The first-order valence-electron chi connectivity index (χ1n) is 4.22. The van der Waals surface area contributed by atoms with E-state index in [1.165, 1.54) is 0 Å². The zero-order valence-corrected chi connectivity index (χ0v) is 9.44. The second-order valence-electron chi connectivity index (χ2n) is 2.12. The van der Waals surface area contributed by atoms with Crippen LogP contribution in [0.3, 0.4) is 0 Å². The maximum Gasteiger partial charge on any atom is 0.101 e. The van der Waals surface area contributed by atoms with E-state index in [2.05, 4.69) is 6.58 Å². The summed E-state index contributed by atoms with van der Waals surface area (Å²) in [6, 6.07) is 1.98. The molecule has 1 nitrogen and oxygen atoms in total. The maximum atomic E-state index is 8.61. The third-order valence-electron chi connectivity index (χ3n) is 1.09. The largest absolute Gasteiger partial charge is 0.192 e. The van der Waals surface area contributed by atoms with Gasteiger partial charge in [-0.15, -0.1) is 0 Å². The first-order chi connectivity index (χ1) is 6.13. The van der Waals surface area contributed by atoms with Crippen LogP contribution in [0, 0.1) is 11.3 Å². The van der Waals surface area contributed by atoms with Gasteiger partial charge in [-0.05, 0) is 25.5 Å². The van der Waals surface area contributed by atoms with E-state index in [4.69, 9.17) is 16.9 Å². The van der Waals surface area contributed by atoms with Crippen LogP contribution in [0.5, 0.6) is 0 Å². The molecule has 0 heterocycles. The molecule has 13 heavy (non-hydrogen) atoms. The smallest absolute Gasteiger partial charge is 0.101 e. The maximum absolute atomic E-state index is 8.61. The van der Waals surface area contributed by atoms with Gasteiger partial charge < -0.3 is 0 Å². The molecule has 0 aliphatic rings. The highest BCUT2D eigenvalue weighted by Crippen LogP contribution is 2.16. The third-order valence-corrected chi connectivity index (χ3v) is 1.41. The van der Waals surface area contributed by atoms with Gasteiger partial charge in [0.1, 0.15) is 6.07 Å². The average Bonchev–Trinajstić information content (AvgIpc) is 2.09. The fourth-order valence-corrected chi connectivity index (χ4v) is 0.912. The highest BCUT2D eigenvalue weighted by molar-refractivity contribution is 6.32. The van der Waals surface area contributed by atoms with E-state index in [9.17, 15) is 0 Å². The molecular weight excluding hydrogens is 182 g/mol. The van der Waals surface area contributed by atoms with E-state index in [1.54, 1.807) is 19.1 Å². The predicted molar refractivity (Wildman–Crippen MR) is 59.5 cm³/mol. The van der Waals surface area contributed by atoms with E-state index in [0.29, 0.717) is 16.2 Å². The van der Waals surface area contributed by atoms with Crippen molar-refractivity contribution in [2.45, 2.75) is 27.7 Å². The minimum atomic E-state index is 0.447. The summed E-state index contributed by atoms with van der Waals surface area (Å²) < 4.78 is 0. The molecule has 72 valence electrons. The Hall–Kier alpha value is -1.000. The van der Waals surface area contributed by atoms with Crippen molar-refractivity contribution in [3.05, 3.63) is 34.9 Å². The van der Waals surface area contributed by atoms with Crippen molar-refractivity contribution in [2.24, 2.45) is 0 Å². The molecule has 0 saturated carbocycles. The van der Waals surface area contributed by atoms with Crippen molar-refractivity contribution in [3.63, 3.8) is 0 Å². The third kappa shape index (κ3) is 6.19. The normalized spacial score (nSPS) is 11.1. The number of rotatable bonds is 2. The number of halogens is 1. The Kier molecular flexibility index (Phi) is 10.2. The van der Waals surface area contributed by atoms with Crippen LogP contribution in [0.15, 0.2) is 34.9 Å². The van der Waals surface area contributed by atoms with Crippen LogP contribution in [0.1, 0.15) is 27.7 Å². The molecule has 0 radical (unpaired) electrons. The van der Waals surface area contributed by atoms with Gasteiger partial charge in [0.25, 0.3) is 0 Å². The molecule has 0 aromatic heterocycles. The van der Waals surface area contributed by atoms with E-state index in [-0.39, 0.29) is 0 Å². The van der Waals surface area contributed by atoms with Gasteiger partial charge in [-0.1, -0.05) is 38.1 Å². The monoisotopic (exact) mass is 197 g/mol. The molecular formula is C11H16ClN. The minimum Gasteiger partial charge on any atom is -0.192 e. The first kappa shape index (κ1) is 14.5. The Morgan fingerprint density at radius 2 is 1.92 bits per heavy atom. The molecule has 0 aliphatic heterocycles. The van der Waals surface area contributed by atoms with E-state index in [1.807, 2.05) is 26.8 Å². The van der Waals surface area contributed by atoms with Crippen LogP contribution in [-0.4, -0.2) is 0 Å². The van der Waals surface area contributed by atoms with Crippen LogP contribution in [0.4, 0.5) is 0 Å². The van der Waals surface area contributed by atoms with Crippen LogP contribution in [0.2, 0.25) is 0 Å². The molecule has 0 rings (SSSR count). The Morgan fingerprint density at radius 3 is 2.15 bits per heavy atom. The molecule has 0 amide bonds. The molecule has 2 heteroatoms. The van der Waals surface area contributed by atoms with Crippen molar-refractivity contribution in [1.82, 2.24) is 0 Å². The summed E-state index contributed by atoms with van der Waals surface area (Å²) in [6.07, 6.45) is 3.46. The number of hydrogen-bond acceptors (Lipinski definition) is 1. The lowest BCUT2D eigenvalue weighted by Gasteiger charge is -1.95. The number of nitriles is 1. The molecule has 0 atom stereocenters. The van der Waals surface area contributed by atoms with E-state index >= 15 is 0 Å². The van der Waals surface area contributed by atoms with Crippen LogP contribution >= 0.6 is 11.6 Å². The van der Waals surface area contributed by atoms with Crippen LogP contribution in [-0.2, 0) is 0 Å². The van der Waals surface area contributed by atoms with Gasteiger partial charge in [0.2, 0.25) is 0 Å². The molecule has 0 aromatic rings. The molecule has 0 aliphatic carbocycles. The van der Waals surface area contributed by atoms with Gasteiger partial charge in [0.15, 0.2) is 0 Å². The number of allylic oxidation sites excluding steroid dienone is 5. The standard InChI is InChI=1S/C9H10ClN.C2H6/c1-4-5-9(10)8(6-11)7(2)3;1-2/h4-5H,2H2,1,3H3;1-2H3/b5-4-,9-8+;. The van der Waals surface area contributed by atoms with Crippen molar-refractivity contribution in [3.8, 4) is 6.07 Å². The molecule has 0 bridgehead atoms. The lowest BCUT2D eigenvalue weighted by atomic mass is 10.1. The summed E-state index contributed by atoms with van der Waals surface area (Å²) in [6.45, 7) is 11.2. The van der Waals surface area contributed by atoms with Crippen molar-refractivity contribution < 1.29 is 0 Å². The summed E-state index contributed by atoms with van der Waals surface area (Å²) in [7, 11) is 0. The lowest BCUT2D eigenvalue weighted by Crippen LogP contribution is -1.81. The quantitative estimate of drug-likeness (QED) is 0.481. The SMILES string of the molecule is C=C(C)/C(C#N)=C(Cl)\C=C/C.CC. The lowest BCUT2D eigenvalue weighted by molar-refractivity contribution is 1.40. The topological polar surface area (TPSA) is 23.8 Å². The molecule has 0 unspecified atom stereocenters. The first-order valence-corrected chi connectivity index (χ1v) is 4.59. The summed E-state index contributed by atoms with van der Waals surface area (Å²) >= 11 is 5.75. The second-order valence-corrected chi connectivity index (χ2v) is 2.52. The molecule has 0 saturated heterocycles. The second kappa shape index (κ2) is 9.09. The van der Waals surface area contributed by atoms with Crippen molar-refractivity contribution >= 4 is 11.6 Å². The zero-order chi connectivity index (χ0) is 10.9. The van der Waals surface area contributed by atoms with Crippen molar-refractivity contribution in [1.29, 1.82) is 5.26 Å². The van der Waals surface area contributed by atoms with Crippen LogP contribution in [0.25, 0.3) is 0 Å². The fraction of sp³-hybridized carbons (Fsp3) is 0.364. The fourth-order valence-electron chi connectivity index (χ4n) is 0.582. The van der Waals surface area contributed by atoms with Gasteiger partial charge in [-0.25, -0.2) is 0 Å². The Morgan fingerprint density at radius 1 is 1.46 bits per heavy atom. The Bertz CT molecular complexity index is 254. The highest BCUT2D eigenvalue weighted by atomic mass is 35.5. The van der Waals surface area contributed by atoms with E-state index in [0.717, 1.165) is 0 Å². The molecule has 0 spiro atoms. The minimum absolute atomic E-state index is 0.447. The summed E-state index contributed by atoms with van der Waals surface area (Å²) in [5.74, 6) is 0. The summed E-state index contributed by atoms with van der Waals surface area (Å²) in [5.41, 5.74) is 1.14. The Labute approximate surface area is 86.0 Å². The average molecular weight is 198 g/mol. The highest BCUT2D eigenvalue weighted by Gasteiger charge is 2.00. The van der Waals surface area contributed by atoms with Gasteiger partial charge in [0, 0.05) is 0 Å². The summed E-state index contributed by atoms with van der Waals surface area (Å²) in [4.78, 5) is 0.